The third-order valence-electron chi connectivity index (χ3n) is 5.71. The SMILES string of the molecule is C[C@]1(O)C(O)[C@@H](CO)O[C@H]1n1ccc(N)nc1=O.O=c1[nH]c(=O)n([C@@H]2O[C@H](CO)C(O)[C@H]2F)cc1I. The molecular weight excluding hydrogens is 604 g/mol. The lowest BCUT2D eigenvalue weighted by molar-refractivity contribution is -0.0986. The van der Waals surface area contributed by atoms with Gasteiger partial charge >= 0.3 is 11.4 Å². The lowest BCUT2D eigenvalue weighted by Crippen LogP contribution is -2.46. The van der Waals surface area contributed by atoms with Gasteiger partial charge in [-0.05, 0) is 35.6 Å². The van der Waals surface area contributed by atoms with Crippen LogP contribution < -0.4 is 22.7 Å². The Balaban J connectivity index is 0.000000201. The summed E-state index contributed by atoms with van der Waals surface area (Å²) in [6, 6.07) is 1.37. The zero-order chi connectivity index (χ0) is 26.9. The Morgan fingerprint density at radius 2 is 1.83 bits per heavy atom. The first kappa shape index (κ1) is 28.3. The summed E-state index contributed by atoms with van der Waals surface area (Å²) in [5.41, 5.74) is 1.53. The molecule has 0 saturated carbocycles. The Kier molecular flexibility index (Phi) is 8.66. The third-order valence-corrected chi connectivity index (χ3v) is 6.48. The minimum atomic E-state index is -1.86. The highest BCUT2D eigenvalue weighted by molar-refractivity contribution is 14.1. The fraction of sp³-hybridized carbons (Fsp3) is 0.579. The van der Waals surface area contributed by atoms with Crippen LogP contribution in [-0.4, -0.2) is 94.0 Å². The Labute approximate surface area is 214 Å². The standard InChI is InChI=1S/C10H15N3O5.C9H10FIN2O5/c1-10(17)7(15)5(4-14)18-8(10)13-3-2-6(11)12-9(13)16;10-5-6(15)4(2-14)18-8(5)13-1-3(11)7(16)12-9(13)17/h2-3,5,7-8,14-15,17H,4H2,1H3,(H2,11,12,16);1,4-6,8,14-15H,2H2,(H,12,16,17)/t5-,7?,8-,10+;4-,5-,6?,8-/m11/s1. The van der Waals surface area contributed by atoms with Crippen molar-refractivity contribution >= 4 is 28.4 Å². The largest absolute Gasteiger partial charge is 0.394 e. The number of halogens is 2. The minimum absolute atomic E-state index is 0.0492. The van der Waals surface area contributed by atoms with E-state index in [4.69, 9.17) is 25.4 Å². The summed E-state index contributed by atoms with van der Waals surface area (Å²) in [6.45, 7) is 0.291. The van der Waals surface area contributed by atoms with E-state index < -0.39 is 78.8 Å². The van der Waals surface area contributed by atoms with Gasteiger partial charge in [0.05, 0.1) is 16.8 Å². The summed E-state index contributed by atoms with van der Waals surface area (Å²) in [6.07, 6.45) is -6.78. The molecule has 4 heterocycles. The number of nitrogen functional groups attached to an aromatic ring is 1. The van der Waals surface area contributed by atoms with Crippen LogP contribution in [0, 0.1) is 3.57 Å². The first-order valence-corrected chi connectivity index (χ1v) is 11.5. The number of nitrogens with one attached hydrogen (secondary N) is 1. The number of ether oxygens (including phenoxy) is 2. The van der Waals surface area contributed by atoms with E-state index in [1.807, 2.05) is 4.98 Å². The summed E-state index contributed by atoms with van der Waals surface area (Å²) in [7, 11) is 0. The van der Waals surface area contributed by atoms with Crippen molar-refractivity contribution in [2.24, 2.45) is 0 Å². The van der Waals surface area contributed by atoms with Crippen molar-refractivity contribution in [2.75, 3.05) is 18.9 Å². The maximum absolute atomic E-state index is 13.8. The number of hydrogen-bond donors (Lipinski definition) is 7. The number of alkyl halides is 1. The number of aliphatic hydroxyl groups is 5. The van der Waals surface area contributed by atoms with Gasteiger partial charge in [-0.15, -0.1) is 0 Å². The number of nitrogens with two attached hydrogens (primary N) is 1. The molecule has 200 valence electrons. The lowest BCUT2D eigenvalue weighted by atomic mass is 9.96. The number of nitrogens with zero attached hydrogens (tertiary/aromatic N) is 3. The van der Waals surface area contributed by atoms with Gasteiger partial charge < -0.3 is 40.7 Å². The Morgan fingerprint density at radius 3 is 2.36 bits per heavy atom. The maximum atomic E-state index is 13.8. The van der Waals surface area contributed by atoms with Gasteiger partial charge in [0.2, 0.25) is 0 Å². The quantitative estimate of drug-likeness (QED) is 0.164. The molecule has 0 spiro atoms. The molecule has 2 aliphatic heterocycles. The summed E-state index contributed by atoms with van der Waals surface area (Å²) in [5, 5.41) is 47.3. The molecule has 36 heavy (non-hydrogen) atoms. The fourth-order valence-corrected chi connectivity index (χ4v) is 4.16. The second-order valence-corrected chi connectivity index (χ2v) is 9.41. The van der Waals surface area contributed by atoms with Gasteiger partial charge in [-0.3, -0.25) is 18.9 Å². The minimum Gasteiger partial charge on any atom is -0.394 e. The number of aromatic nitrogens is 4. The van der Waals surface area contributed by atoms with Crippen molar-refractivity contribution in [1.82, 2.24) is 19.1 Å². The second kappa shape index (κ2) is 11.0. The van der Waals surface area contributed by atoms with E-state index in [0.717, 1.165) is 15.3 Å². The molecule has 15 nitrogen and oxygen atoms in total. The van der Waals surface area contributed by atoms with Crippen LogP contribution >= 0.6 is 22.6 Å². The van der Waals surface area contributed by atoms with Crippen LogP contribution in [0.25, 0.3) is 0 Å². The third kappa shape index (κ3) is 5.37. The van der Waals surface area contributed by atoms with Crippen LogP contribution in [0.5, 0.6) is 0 Å². The zero-order valence-corrected chi connectivity index (χ0v) is 20.8. The Morgan fingerprint density at radius 1 is 1.19 bits per heavy atom. The Bertz CT molecular complexity index is 1250. The predicted octanol–water partition coefficient (Wildman–Crippen LogP) is -3.44. The van der Waals surface area contributed by atoms with Gasteiger partial charge in [0.25, 0.3) is 5.56 Å². The van der Waals surface area contributed by atoms with Crippen molar-refractivity contribution in [3.05, 3.63) is 53.4 Å². The molecule has 0 radical (unpaired) electrons. The molecule has 2 aliphatic rings. The summed E-state index contributed by atoms with van der Waals surface area (Å²) >= 11 is 1.69. The van der Waals surface area contributed by atoms with Crippen molar-refractivity contribution in [3.63, 3.8) is 0 Å². The first-order chi connectivity index (χ1) is 16.8. The number of hydrogen-bond acceptors (Lipinski definition) is 12. The van der Waals surface area contributed by atoms with E-state index in [9.17, 15) is 34.1 Å². The molecule has 4 rings (SSSR count). The Hall–Kier alpha value is -2.26. The maximum Gasteiger partial charge on any atom is 0.351 e. The first-order valence-electron chi connectivity index (χ1n) is 10.4. The molecule has 2 unspecified atom stereocenters. The highest BCUT2D eigenvalue weighted by Crippen LogP contribution is 2.37. The number of aromatic amines is 1. The molecule has 0 aromatic carbocycles. The van der Waals surface area contributed by atoms with E-state index in [-0.39, 0.29) is 9.39 Å². The molecular formula is C19H25FIN5O10. The van der Waals surface area contributed by atoms with E-state index in [0.29, 0.717) is 0 Å². The van der Waals surface area contributed by atoms with Gasteiger partial charge in [0.1, 0.15) is 35.8 Å². The van der Waals surface area contributed by atoms with Crippen molar-refractivity contribution in [3.8, 4) is 0 Å². The van der Waals surface area contributed by atoms with Crippen molar-refractivity contribution in [1.29, 1.82) is 0 Å². The summed E-state index contributed by atoms with van der Waals surface area (Å²) in [5.74, 6) is 0.0492. The smallest absolute Gasteiger partial charge is 0.351 e. The number of anilines is 1. The van der Waals surface area contributed by atoms with Gasteiger partial charge in [0, 0.05) is 12.4 Å². The van der Waals surface area contributed by atoms with Crippen LogP contribution in [0.4, 0.5) is 10.2 Å². The molecule has 17 heteroatoms. The lowest BCUT2D eigenvalue weighted by Gasteiger charge is -2.27. The van der Waals surface area contributed by atoms with E-state index in [1.165, 1.54) is 19.2 Å². The highest BCUT2D eigenvalue weighted by atomic mass is 127. The zero-order valence-electron chi connectivity index (χ0n) is 18.6. The molecule has 2 fully saturated rings. The van der Waals surface area contributed by atoms with Crippen LogP contribution in [0.1, 0.15) is 19.4 Å². The number of rotatable bonds is 4. The van der Waals surface area contributed by atoms with E-state index in [2.05, 4.69) is 4.98 Å². The number of aliphatic hydroxyl groups excluding tert-OH is 4. The average Bonchev–Trinajstić information content (AvgIpc) is 3.23. The molecule has 2 saturated heterocycles. The topological polar surface area (TPSA) is 235 Å². The van der Waals surface area contributed by atoms with E-state index in [1.54, 1.807) is 22.6 Å². The van der Waals surface area contributed by atoms with Gasteiger partial charge in [-0.1, -0.05) is 0 Å². The van der Waals surface area contributed by atoms with Gasteiger partial charge in [0.15, 0.2) is 18.6 Å². The second-order valence-electron chi connectivity index (χ2n) is 8.25. The normalized spacial score (nSPS) is 33.8. The van der Waals surface area contributed by atoms with Crippen LogP contribution in [0.15, 0.2) is 32.8 Å². The molecule has 8 N–H and O–H groups in total. The van der Waals surface area contributed by atoms with E-state index >= 15 is 0 Å². The van der Waals surface area contributed by atoms with Crippen molar-refractivity contribution in [2.45, 2.75) is 55.6 Å². The van der Waals surface area contributed by atoms with Gasteiger partial charge in [-0.25, -0.2) is 14.0 Å². The molecule has 0 amide bonds. The molecule has 8 atom stereocenters. The van der Waals surface area contributed by atoms with Gasteiger partial charge in [-0.2, -0.15) is 4.98 Å². The average molecular weight is 629 g/mol. The predicted molar refractivity (Wildman–Crippen MR) is 126 cm³/mol. The highest BCUT2D eigenvalue weighted by Gasteiger charge is 2.53. The van der Waals surface area contributed by atoms with Crippen molar-refractivity contribution < 1.29 is 39.4 Å². The molecule has 2 aromatic heterocycles. The monoisotopic (exact) mass is 629 g/mol. The number of H-pyrrole nitrogens is 1. The fourth-order valence-electron chi connectivity index (χ4n) is 3.72. The molecule has 0 bridgehead atoms. The summed E-state index contributed by atoms with van der Waals surface area (Å²) < 4.78 is 26.2. The summed E-state index contributed by atoms with van der Waals surface area (Å²) in [4.78, 5) is 39.9. The van der Waals surface area contributed by atoms with Crippen LogP contribution in [0.2, 0.25) is 0 Å². The van der Waals surface area contributed by atoms with Crippen LogP contribution in [0.3, 0.4) is 0 Å². The molecule has 2 aromatic rings. The van der Waals surface area contributed by atoms with Crippen LogP contribution in [-0.2, 0) is 9.47 Å². The molecule has 0 aliphatic carbocycles.